The Hall–Kier alpha value is -3.08. The van der Waals surface area contributed by atoms with Gasteiger partial charge in [-0.15, -0.1) is 26.3 Å². The second kappa shape index (κ2) is 11.4. The van der Waals surface area contributed by atoms with Gasteiger partial charge in [0.1, 0.15) is 24.2 Å². The molecule has 0 spiro atoms. The van der Waals surface area contributed by atoms with Crippen LogP contribution in [0, 0.1) is 0 Å². The lowest BCUT2D eigenvalue weighted by molar-refractivity contribution is -0.165. The molecule has 0 radical (unpaired) electrons. The van der Waals surface area contributed by atoms with Crippen LogP contribution in [0.25, 0.3) is 11.1 Å². The summed E-state index contributed by atoms with van der Waals surface area (Å²) in [5.41, 5.74) is 6.68. The molecule has 0 aliphatic carbocycles. The summed E-state index contributed by atoms with van der Waals surface area (Å²) in [7, 11) is 0. The van der Waals surface area contributed by atoms with Crippen molar-refractivity contribution in [1.82, 2.24) is 0 Å². The fourth-order valence-electron chi connectivity index (χ4n) is 4.19. The van der Waals surface area contributed by atoms with E-state index in [1.54, 1.807) is 0 Å². The van der Waals surface area contributed by atoms with Gasteiger partial charge >= 0.3 is 0 Å². The molecule has 0 N–H and O–H groups in total. The lowest BCUT2D eigenvalue weighted by Gasteiger charge is -2.29. The SMILES string of the molecule is C=CCc1cc(-c2cc(CC=C)c(OC3CCO3)c(CC=C)c2)cc(CC=C)c1OCC1CO1. The second-order valence-electron chi connectivity index (χ2n) is 8.69. The minimum atomic E-state index is -0.178. The maximum absolute atomic E-state index is 6.24. The number of rotatable bonds is 14. The molecule has 4 rings (SSSR count). The Morgan fingerprint density at radius 2 is 1.18 bits per heavy atom. The molecule has 0 saturated carbocycles. The summed E-state index contributed by atoms with van der Waals surface area (Å²) in [5.74, 6) is 1.80. The summed E-state index contributed by atoms with van der Waals surface area (Å²) in [4.78, 5) is 0. The van der Waals surface area contributed by atoms with E-state index < -0.39 is 0 Å². The fraction of sp³-hybridized carbons (Fsp3) is 0.333. The first kappa shape index (κ1) is 24.1. The number of epoxide rings is 1. The Morgan fingerprint density at radius 3 is 1.53 bits per heavy atom. The van der Waals surface area contributed by atoms with Gasteiger partial charge < -0.3 is 18.9 Å². The van der Waals surface area contributed by atoms with Crippen LogP contribution in [0.15, 0.2) is 74.9 Å². The van der Waals surface area contributed by atoms with Gasteiger partial charge in [-0.3, -0.25) is 0 Å². The molecule has 2 aromatic rings. The molecule has 34 heavy (non-hydrogen) atoms. The van der Waals surface area contributed by atoms with Gasteiger partial charge in [-0.25, -0.2) is 0 Å². The molecule has 2 atom stereocenters. The zero-order valence-corrected chi connectivity index (χ0v) is 19.9. The summed E-state index contributed by atoms with van der Waals surface area (Å²) in [6.07, 6.45) is 11.4. The molecule has 178 valence electrons. The van der Waals surface area contributed by atoms with Gasteiger partial charge in [0, 0.05) is 6.42 Å². The maximum atomic E-state index is 6.24. The van der Waals surface area contributed by atoms with Crippen molar-refractivity contribution in [2.45, 2.75) is 44.5 Å². The highest BCUT2D eigenvalue weighted by atomic mass is 16.7. The lowest BCUT2D eigenvalue weighted by Crippen LogP contribution is -2.32. The molecule has 4 nitrogen and oxygen atoms in total. The Kier molecular flexibility index (Phi) is 8.04. The molecule has 2 aliphatic rings. The maximum Gasteiger partial charge on any atom is 0.202 e. The van der Waals surface area contributed by atoms with Crippen molar-refractivity contribution in [3.05, 3.63) is 97.1 Å². The second-order valence-corrected chi connectivity index (χ2v) is 8.69. The average Bonchev–Trinajstić information content (AvgIpc) is 3.62. The van der Waals surface area contributed by atoms with Crippen LogP contribution in [-0.4, -0.2) is 32.2 Å². The molecule has 0 bridgehead atoms. The van der Waals surface area contributed by atoms with Gasteiger partial charge in [0.05, 0.1) is 13.2 Å². The van der Waals surface area contributed by atoms with E-state index in [2.05, 4.69) is 50.6 Å². The van der Waals surface area contributed by atoms with Crippen LogP contribution in [-0.2, 0) is 35.2 Å². The van der Waals surface area contributed by atoms with Crippen LogP contribution in [0.1, 0.15) is 28.7 Å². The van der Waals surface area contributed by atoms with Crippen LogP contribution in [0.2, 0.25) is 0 Å². The smallest absolute Gasteiger partial charge is 0.202 e. The molecular formula is C30H34O4. The molecule has 2 aliphatic heterocycles. The normalized spacial score (nSPS) is 18.5. The number of allylic oxidation sites excluding steroid dienone is 4. The van der Waals surface area contributed by atoms with E-state index in [0.29, 0.717) is 19.4 Å². The number of hydrogen-bond acceptors (Lipinski definition) is 4. The monoisotopic (exact) mass is 458 g/mol. The molecule has 2 saturated heterocycles. The summed E-state index contributed by atoms with van der Waals surface area (Å²) >= 11 is 0. The Labute approximate surface area is 203 Å². The Morgan fingerprint density at radius 1 is 0.735 bits per heavy atom. The van der Waals surface area contributed by atoms with Crippen molar-refractivity contribution in [3.63, 3.8) is 0 Å². The summed E-state index contributed by atoms with van der Waals surface area (Å²) < 4.78 is 23.3. The molecule has 2 aromatic carbocycles. The largest absolute Gasteiger partial charge is 0.490 e. The quantitative estimate of drug-likeness (QED) is 0.251. The van der Waals surface area contributed by atoms with Crippen LogP contribution in [0.3, 0.4) is 0 Å². The van der Waals surface area contributed by atoms with Gasteiger partial charge in [-0.05, 0) is 83.3 Å². The average molecular weight is 459 g/mol. The van der Waals surface area contributed by atoms with E-state index in [4.69, 9.17) is 18.9 Å². The van der Waals surface area contributed by atoms with E-state index in [1.807, 2.05) is 24.3 Å². The minimum absolute atomic E-state index is 0.178. The van der Waals surface area contributed by atoms with Gasteiger partial charge in [0.25, 0.3) is 0 Å². The van der Waals surface area contributed by atoms with Crippen molar-refractivity contribution in [2.75, 3.05) is 19.8 Å². The predicted octanol–water partition coefficient (Wildman–Crippen LogP) is 6.17. The summed E-state index contributed by atoms with van der Waals surface area (Å²) in [5, 5.41) is 0. The lowest BCUT2D eigenvalue weighted by atomic mass is 9.92. The van der Waals surface area contributed by atoms with E-state index >= 15 is 0 Å². The molecule has 0 aromatic heterocycles. The zero-order chi connectivity index (χ0) is 23.9. The highest BCUT2D eigenvalue weighted by molar-refractivity contribution is 5.71. The van der Waals surface area contributed by atoms with Crippen LogP contribution in [0.5, 0.6) is 11.5 Å². The number of hydrogen-bond donors (Lipinski definition) is 0. The van der Waals surface area contributed by atoms with E-state index in [-0.39, 0.29) is 12.4 Å². The minimum Gasteiger partial charge on any atom is -0.490 e. The van der Waals surface area contributed by atoms with Crippen LogP contribution < -0.4 is 9.47 Å². The van der Waals surface area contributed by atoms with Gasteiger partial charge in [-0.1, -0.05) is 24.3 Å². The van der Waals surface area contributed by atoms with Crippen LogP contribution in [0.4, 0.5) is 0 Å². The van der Waals surface area contributed by atoms with E-state index in [9.17, 15) is 0 Å². The Balaban J connectivity index is 1.79. The predicted molar refractivity (Wildman–Crippen MR) is 138 cm³/mol. The highest BCUT2D eigenvalue weighted by Gasteiger charge is 2.25. The van der Waals surface area contributed by atoms with Crippen molar-refractivity contribution < 1.29 is 18.9 Å². The van der Waals surface area contributed by atoms with Crippen molar-refractivity contribution in [1.29, 1.82) is 0 Å². The topological polar surface area (TPSA) is 40.2 Å². The third kappa shape index (κ3) is 5.69. The summed E-state index contributed by atoms with van der Waals surface area (Å²) in [6.45, 7) is 17.9. The van der Waals surface area contributed by atoms with Gasteiger partial charge in [0.15, 0.2) is 0 Å². The van der Waals surface area contributed by atoms with Gasteiger partial charge in [0.2, 0.25) is 6.29 Å². The first-order chi connectivity index (χ1) is 16.7. The van der Waals surface area contributed by atoms with E-state index in [0.717, 1.165) is 77.4 Å². The first-order valence-electron chi connectivity index (χ1n) is 11.9. The molecule has 2 unspecified atom stereocenters. The van der Waals surface area contributed by atoms with Gasteiger partial charge in [-0.2, -0.15) is 0 Å². The number of benzene rings is 2. The molecule has 4 heteroatoms. The highest BCUT2D eigenvalue weighted by Crippen LogP contribution is 2.38. The zero-order valence-electron chi connectivity index (χ0n) is 19.9. The summed E-state index contributed by atoms with van der Waals surface area (Å²) in [6, 6.07) is 8.81. The standard InChI is InChI=1S/C30H34O4/c1-5-9-21-15-25(16-22(10-6-2)29(21)33-20-27-19-32-27)26-17-23(11-7-3)30(24(18-26)12-8-4)34-28-13-14-31-28/h5-8,15-18,27-28H,1-4,9-14,19-20H2. The fourth-order valence-corrected chi connectivity index (χ4v) is 4.19. The molecule has 0 amide bonds. The van der Waals surface area contributed by atoms with E-state index in [1.165, 1.54) is 0 Å². The molecule has 2 fully saturated rings. The number of ether oxygens (including phenoxy) is 4. The van der Waals surface area contributed by atoms with Crippen molar-refractivity contribution >= 4 is 0 Å². The van der Waals surface area contributed by atoms with Crippen molar-refractivity contribution in [3.8, 4) is 22.6 Å². The third-order valence-corrected chi connectivity index (χ3v) is 6.00. The van der Waals surface area contributed by atoms with Crippen molar-refractivity contribution in [2.24, 2.45) is 0 Å². The first-order valence-corrected chi connectivity index (χ1v) is 11.9. The van der Waals surface area contributed by atoms with Crippen LogP contribution >= 0.6 is 0 Å². The third-order valence-electron chi connectivity index (χ3n) is 6.00. The molecule has 2 heterocycles. The molecular weight excluding hydrogens is 424 g/mol. The Bertz CT molecular complexity index is 997.